The lowest BCUT2D eigenvalue weighted by Crippen LogP contribution is -2.30. The van der Waals surface area contributed by atoms with E-state index >= 15 is 0 Å². The third-order valence-corrected chi connectivity index (χ3v) is 1.09. The summed E-state index contributed by atoms with van der Waals surface area (Å²) in [5.74, 6) is 0. The summed E-state index contributed by atoms with van der Waals surface area (Å²) >= 11 is 0. The van der Waals surface area contributed by atoms with Gasteiger partial charge in [-0.3, -0.25) is 5.32 Å². The van der Waals surface area contributed by atoms with E-state index in [0.29, 0.717) is 0 Å². The number of nitrogens with one attached hydrogen (secondary N) is 1. The van der Waals surface area contributed by atoms with Gasteiger partial charge in [-0.1, -0.05) is 0 Å². The molecule has 0 aliphatic carbocycles. The summed E-state index contributed by atoms with van der Waals surface area (Å²) in [5.41, 5.74) is 0. The molecule has 1 atom stereocenters. The van der Waals surface area contributed by atoms with Crippen LogP contribution in [-0.2, 0) is 9.47 Å². The summed E-state index contributed by atoms with van der Waals surface area (Å²) in [7, 11) is 3.35. The lowest BCUT2D eigenvalue weighted by Gasteiger charge is -2.10. The van der Waals surface area contributed by atoms with Gasteiger partial charge in [0.1, 0.15) is 6.23 Å². The van der Waals surface area contributed by atoms with Gasteiger partial charge in [0.2, 0.25) is 0 Å². The Hall–Kier alpha value is -0.120. The maximum atomic E-state index is 4.93. The van der Waals surface area contributed by atoms with Crippen LogP contribution in [0.2, 0.25) is 0 Å². The molecule has 3 nitrogen and oxygen atoms in total. The predicted octanol–water partition coefficient (Wildman–Crippen LogP) is 0.215. The van der Waals surface area contributed by atoms with Gasteiger partial charge >= 0.3 is 0 Å². The third kappa shape index (κ3) is 5.76. The van der Waals surface area contributed by atoms with E-state index in [9.17, 15) is 0 Å². The number of hydrogen-bond acceptors (Lipinski definition) is 3. The maximum absolute atomic E-state index is 4.93. The van der Waals surface area contributed by atoms with E-state index in [4.69, 9.17) is 9.47 Å². The van der Waals surface area contributed by atoms with Crippen LogP contribution < -0.4 is 5.32 Å². The van der Waals surface area contributed by atoms with Gasteiger partial charge < -0.3 is 9.47 Å². The second-order valence-corrected chi connectivity index (χ2v) is 1.82. The first-order valence-electron chi connectivity index (χ1n) is 3.06. The Bertz CT molecular complexity index is 59.0. The van der Waals surface area contributed by atoms with Gasteiger partial charge in [-0.15, -0.1) is 0 Å². The standard InChI is InChI=1S/C6H15NO2/c1-6(9-3)7-4-5-8-2/h6-7H,4-5H2,1-3H3. The van der Waals surface area contributed by atoms with Crippen molar-refractivity contribution in [2.24, 2.45) is 0 Å². The molecule has 0 rings (SSSR count). The molecule has 0 aromatic heterocycles. The Morgan fingerprint density at radius 3 is 2.56 bits per heavy atom. The lowest BCUT2D eigenvalue weighted by atomic mass is 10.6. The summed E-state index contributed by atoms with van der Waals surface area (Å²) < 4.78 is 9.75. The van der Waals surface area contributed by atoms with Crippen molar-refractivity contribution in [1.29, 1.82) is 0 Å². The highest BCUT2D eigenvalue weighted by Crippen LogP contribution is 1.78. The maximum Gasteiger partial charge on any atom is 0.104 e. The quantitative estimate of drug-likeness (QED) is 0.429. The van der Waals surface area contributed by atoms with E-state index in [0.717, 1.165) is 13.2 Å². The molecule has 1 unspecified atom stereocenters. The van der Waals surface area contributed by atoms with Gasteiger partial charge in [0, 0.05) is 20.8 Å². The first-order chi connectivity index (χ1) is 4.31. The molecule has 0 aromatic carbocycles. The van der Waals surface area contributed by atoms with E-state index < -0.39 is 0 Å². The smallest absolute Gasteiger partial charge is 0.104 e. The van der Waals surface area contributed by atoms with Gasteiger partial charge in [-0.2, -0.15) is 0 Å². The summed E-state index contributed by atoms with van der Waals surface area (Å²) in [5, 5.41) is 3.09. The molecule has 0 aromatic rings. The molecule has 56 valence electrons. The van der Waals surface area contributed by atoms with Gasteiger partial charge in [-0.05, 0) is 6.92 Å². The Balaban J connectivity index is 2.88. The Morgan fingerprint density at radius 1 is 1.44 bits per heavy atom. The highest BCUT2D eigenvalue weighted by molar-refractivity contribution is 4.45. The Morgan fingerprint density at radius 2 is 2.11 bits per heavy atom. The monoisotopic (exact) mass is 133 g/mol. The Labute approximate surface area is 56.3 Å². The van der Waals surface area contributed by atoms with Crippen LogP contribution in [0.15, 0.2) is 0 Å². The van der Waals surface area contributed by atoms with Crippen molar-refractivity contribution in [3.63, 3.8) is 0 Å². The van der Waals surface area contributed by atoms with Crippen molar-refractivity contribution in [1.82, 2.24) is 5.32 Å². The summed E-state index contributed by atoms with van der Waals surface area (Å²) in [4.78, 5) is 0. The normalized spacial score (nSPS) is 13.7. The number of ether oxygens (including phenoxy) is 2. The largest absolute Gasteiger partial charge is 0.383 e. The first-order valence-corrected chi connectivity index (χ1v) is 3.06. The molecule has 0 saturated heterocycles. The van der Waals surface area contributed by atoms with Gasteiger partial charge in [0.25, 0.3) is 0 Å². The molecular formula is C6H15NO2. The fourth-order valence-electron chi connectivity index (χ4n) is 0.448. The third-order valence-electron chi connectivity index (χ3n) is 1.09. The zero-order valence-corrected chi connectivity index (χ0v) is 6.31. The van der Waals surface area contributed by atoms with Crippen LogP contribution in [0, 0.1) is 0 Å². The molecule has 0 heterocycles. The highest BCUT2D eigenvalue weighted by atomic mass is 16.5. The van der Waals surface area contributed by atoms with Crippen LogP contribution in [0.3, 0.4) is 0 Å². The average Bonchev–Trinajstić information content (AvgIpc) is 1.89. The van der Waals surface area contributed by atoms with Gasteiger partial charge in [0.15, 0.2) is 0 Å². The van der Waals surface area contributed by atoms with Crippen molar-refractivity contribution in [3.8, 4) is 0 Å². The fraction of sp³-hybridized carbons (Fsp3) is 1.00. The number of rotatable bonds is 5. The minimum absolute atomic E-state index is 0.125. The van der Waals surface area contributed by atoms with Crippen LogP contribution in [0.1, 0.15) is 6.92 Å². The first kappa shape index (κ1) is 8.88. The highest BCUT2D eigenvalue weighted by Gasteiger charge is 1.93. The zero-order valence-electron chi connectivity index (χ0n) is 6.31. The van der Waals surface area contributed by atoms with E-state index in [2.05, 4.69) is 5.32 Å². The molecule has 0 spiro atoms. The van der Waals surface area contributed by atoms with E-state index in [1.54, 1.807) is 14.2 Å². The van der Waals surface area contributed by atoms with E-state index in [-0.39, 0.29) is 6.23 Å². The van der Waals surface area contributed by atoms with Crippen molar-refractivity contribution in [2.45, 2.75) is 13.2 Å². The molecule has 1 N–H and O–H groups in total. The molecule has 0 aliphatic heterocycles. The molecule has 9 heavy (non-hydrogen) atoms. The van der Waals surface area contributed by atoms with E-state index in [1.165, 1.54) is 0 Å². The topological polar surface area (TPSA) is 30.5 Å². The van der Waals surface area contributed by atoms with Crippen molar-refractivity contribution in [2.75, 3.05) is 27.4 Å². The SMILES string of the molecule is COCCNC(C)OC. The second-order valence-electron chi connectivity index (χ2n) is 1.82. The molecule has 0 bridgehead atoms. The second kappa shape index (κ2) is 6.01. The van der Waals surface area contributed by atoms with Crippen LogP contribution >= 0.6 is 0 Å². The number of hydrogen-bond donors (Lipinski definition) is 1. The summed E-state index contributed by atoms with van der Waals surface area (Å²) in [6.45, 7) is 3.52. The summed E-state index contributed by atoms with van der Waals surface area (Å²) in [6.07, 6.45) is 0.125. The van der Waals surface area contributed by atoms with Crippen LogP contribution in [0.5, 0.6) is 0 Å². The van der Waals surface area contributed by atoms with Crippen molar-refractivity contribution in [3.05, 3.63) is 0 Å². The minimum atomic E-state index is 0.125. The number of methoxy groups -OCH3 is 2. The van der Waals surface area contributed by atoms with Gasteiger partial charge in [0.05, 0.1) is 6.61 Å². The fourth-order valence-corrected chi connectivity index (χ4v) is 0.448. The molecular weight excluding hydrogens is 118 g/mol. The van der Waals surface area contributed by atoms with Crippen LogP contribution in [-0.4, -0.2) is 33.6 Å². The predicted molar refractivity (Wildman–Crippen MR) is 36.3 cm³/mol. The minimum Gasteiger partial charge on any atom is -0.383 e. The molecule has 0 fully saturated rings. The van der Waals surface area contributed by atoms with E-state index in [1.807, 2.05) is 6.92 Å². The van der Waals surface area contributed by atoms with Crippen molar-refractivity contribution < 1.29 is 9.47 Å². The molecule has 0 amide bonds. The zero-order chi connectivity index (χ0) is 7.11. The van der Waals surface area contributed by atoms with Crippen LogP contribution in [0.25, 0.3) is 0 Å². The average molecular weight is 133 g/mol. The Kier molecular flexibility index (Phi) is 5.93. The molecule has 0 aliphatic rings. The lowest BCUT2D eigenvalue weighted by molar-refractivity contribution is 0.0801. The molecule has 3 heteroatoms. The molecule has 0 saturated carbocycles. The van der Waals surface area contributed by atoms with Crippen molar-refractivity contribution >= 4 is 0 Å². The molecule has 0 radical (unpaired) electrons. The van der Waals surface area contributed by atoms with Crippen LogP contribution in [0.4, 0.5) is 0 Å². The van der Waals surface area contributed by atoms with Gasteiger partial charge in [-0.25, -0.2) is 0 Å². The summed E-state index contributed by atoms with van der Waals surface area (Å²) in [6, 6.07) is 0.